The summed E-state index contributed by atoms with van der Waals surface area (Å²) in [5.41, 5.74) is 5.87. The number of carbonyl (C=O) groups is 1. The molecule has 1 fully saturated rings. The van der Waals surface area contributed by atoms with Gasteiger partial charge in [0.05, 0.1) is 0 Å². The lowest BCUT2D eigenvalue weighted by molar-refractivity contribution is 0.0915. The van der Waals surface area contributed by atoms with Crippen LogP contribution in [0, 0.1) is 11.8 Å². The number of rotatable bonds is 4. The van der Waals surface area contributed by atoms with Crippen molar-refractivity contribution in [1.82, 2.24) is 10.3 Å². The van der Waals surface area contributed by atoms with E-state index < -0.39 is 0 Å². The Labute approximate surface area is 130 Å². The lowest BCUT2D eigenvalue weighted by Crippen LogP contribution is -2.39. The van der Waals surface area contributed by atoms with Crippen LogP contribution < -0.4 is 16.4 Å². The zero-order chi connectivity index (χ0) is 15.6. The highest BCUT2D eigenvalue weighted by molar-refractivity contribution is 7.18. The molecule has 21 heavy (non-hydrogen) atoms. The van der Waals surface area contributed by atoms with Gasteiger partial charge in [0.2, 0.25) is 0 Å². The molecule has 0 radical (unpaired) electrons. The van der Waals surface area contributed by atoms with Crippen LogP contribution in [0.1, 0.15) is 56.6 Å². The number of hydrogen-bond donors (Lipinski definition) is 3. The van der Waals surface area contributed by atoms with Crippen LogP contribution in [0.25, 0.3) is 0 Å². The van der Waals surface area contributed by atoms with Crippen LogP contribution >= 0.6 is 11.3 Å². The minimum atomic E-state index is -0.0893. The lowest BCUT2D eigenvalue weighted by Gasteiger charge is -2.32. The number of anilines is 2. The van der Waals surface area contributed by atoms with Crippen LogP contribution in [0.2, 0.25) is 0 Å². The number of nitrogens with one attached hydrogen (secondary N) is 2. The van der Waals surface area contributed by atoms with Gasteiger partial charge in [0.25, 0.3) is 5.91 Å². The second kappa shape index (κ2) is 6.64. The van der Waals surface area contributed by atoms with Crippen molar-refractivity contribution in [3.8, 4) is 0 Å². The molecular weight excluding hydrogens is 284 g/mol. The Morgan fingerprint density at radius 3 is 2.67 bits per heavy atom. The molecule has 0 saturated heterocycles. The molecule has 1 aliphatic rings. The Bertz CT molecular complexity index is 500. The molecule has 1 aromatic rings. The normalized spacial score (nSPS) is 25.9. The highest BCUT2D eigenvalue weighted by atomic mass is 32.1. The predicted molar refractivity (Wildman–Crippen MR) is 88.7 cm³/mol. The summed E-state index contributed by atoms with van der Waals surface area (Å²) in [7, 11) is 0. The first kappa shape index (κ1) is 16.1. The van der Waals surface area contributed by atoms with E-state index in [4.69, 9.17) is 5.73 Å². The van der Waals surface area contributed by atoms with E-state index in [2.05, 4.69) is 29.5 Å². The summed E-state index contributed by atoms with van der Waals surface area (Å²) in [6, 6.07) is 0.527. The van der Waals surface area contributed by atoms with E-state index in [1.54, 1.807) is 0 Å². The van der Waals surface area contributed by atoms with Gasteiger partial charge in [-0.25, -0.2) is 4.98 Å². The Balaban J connectivity index is 1.98. The van der Waals surface area contributed by atoms with Crippen LogP contribution in [-0.4, -0.2) is 23.0 Å². The van der Waals surface area contributed by atoms with E-state index in [9.17, 15) is 4.79 Å². The number of nitrogen functional groups attached to an aromatic ring is 1. The number of nitrogens with zero attached hydrogens (tertiary/aromatic N) is 1. The van der Waals surface area contributed by atoms with Crippen molar-refractivity contribution in [2.45, 2.75) is 59.0 Å². The van der Waals surface area contributed by atoms with Crippen molar-refractivity contribution < 1.29 is 4.79 Å². The van der Waals surface area contributed by atoms with Gasteiger partial charge in [-0.1, -0.05) is 25.2 Å². The van der Waals surface area contributed by atoms with Gasteiger partial charge < -0.3 is 16.4 Å². The van der Waals surface area contributed by atoms with Crippen LogP contribution in [-0.2, 0) is 0 Å². The summed E-state index contributed by atoms with van der Waals surface area (Å²) in [6.07, 6.45) is 3.26. The molecule has 6 heteroatoms. The molecule has 1 saturated carbocycles. The summed E-state index contributed by atoms with van der Waals surface area (Å²) in [4.78, 5) is 17.1. The van der Waals surface area contributed by atoms with Gasteiger partial charge in [-0.2, -0.15) is 0 Å². The third-order valence-corrected chi connectivity index (χ3v) is 5.21. The molecule has 3 unspecified atom stereocenters. The molecule has 1 amide bonds. The van der Waals surface area contributed by atoms with E-state index >= 15 is 0 Å². The minimum Gasteiger partial charge on any atom is -0.382 e. The fourth-order valence-electron chi connectivity index (χ4n) is 2.73. The molecule has 0 aliphatic heterocycles. The number of nitrogens with two attached hydrogens (primary N) is 1. The smallest absolute Gasteiger partial charge is 0.265 e. The maximum atomic E-state index is 12.4. The summed E-state index contributed by atoms with van der Waals surface area (Å²) >= 11 is 1.33. The molecule has 4 N–H and O–H groups in total. The van der Waals surface area contributed by atoms with Crippen LogP contribution in [0.15, 0.2) is 0 Å². The Morgan fingerprint density at radius 2 is 2.05 bits per heavy atom. The Hall–Kier alpha value is -1.30. The number of carbonyl (C=O) groups excluding carboxylic acids is 1. The average Bonchev–Trinajstić information content (AvgIpc) is 2.74. The molecular formula is C15H26N4OS. The maximum Gasteiger partial charge on any atom is 0.265 e. The van der Waals surface area contributed by atoms with Gasteiger partial charge in [0.15, 0.2) is 5.13 Å². The molecule has 1 heterocycles. The molecule has 3 atom stereocenters. The van der Waals surface area contributed by atoms with E-state index in [1.165, 1.54) is 17.8 Å². The van der Waals surface area contributed by atoms with Gasteiger partial charge in [0, 0.05) is 12.1 Å². The first-order valence-corrected chi connectivity index (χ1v) is 8.52. The van der Waals surface area contributed by atoms with Crippen molar-refractivity contribution in [3.05, 3.63) is 4.88 Å². The summed E-state index contributed by atoms with van der Waals surface area (Å²) in [5.74, 6) is 1.63. The largest absolute Gasteiger partial charge is 0.382 e. The standard InChI is InChI=1S/C15H26N4OS/c1-8(2)17-15-19-13(16)12(21-15)14(20)18-11-6-5-9(3)10(4)7-11/h8-11H,5-7,16H2,1-4H3,(H,17,19)(H,18,20). The van der Waals surface area contributed by atoms with Crippen LogP contribution in [0.5, 0.6) is 0 Å². The van der Waals surface area contributed by atoms with Crippen LogP contribution in [0.3, 0.4) is 0 Å². The topological polar surface area (TPSA) is 80.0 Å². The zero-order valence-corrected chi connectivity index (χ0v) is 14.1. The molecule has 1 aromatic heterocycles. The summed E-state index contributed by atoms with van der Waals surface area (Å²) in [6.45, 7) is 8.60. The monoisotopic (exact) mass is 310 g/mol. The summed E-state index contributed by atoms with van der Waals surface area (Å²) in [5, 5.41) is 7.01. The fourth-order valence-corrected chi connectivity index (χ4v) is 3.67. The molecule has 0 spiro atoms. The Kier molecular flexibility index (Phi) is 5.08. The molecule has 118 valence electrons. The third kappa shape index (κ3) is 4.09. The highest BCUT2D eigenvalue weighted by Crippen LogP contribution is 2.30. The second-order valence-corrected chi connectivity index (χ2v) is 7.47. The first-order chi connectivity index (χ1) is 9.86. The van der Waals surface area contributed by atoms with Gasteiger partial charge in [-0.15, -0.1) is 0 Å². The fraction of sp³-hybridized carbons (Fsp3) is 0.733. The molecule has 1 aliphatic carbocycles. The molecule has 0 aromatic carbocycles. The van der Waals surface area contributed by atoms with Gasteiger partial charge >= 0.3 is 0 Å². The van der Waals surface area contributed by atoms with Gasteiger partial charge in [0.1, 0.15) is 10.7 Å². The zero-order valence-electron chi connectivity index (χ0n) is 13.3. The first-order valence-electron chi connectivity index (χ1n) is 7.70. The Morgan fingerprint density at radius 1 is 1.33 bits per heavy atom. The number of thiazole rings is 1. The van der Waals surface area contributed by atoms with Crippen molar-refractivity contribution in [1.29, 1.82) is 0 Å². The molecule has 0 bridgehead atoms. The van der Waals surface area contributed by atoms with Crippen molar-refractivity contribution in [3.63, 3.8) is 0 Å². The van der Waals surface area contributed by atoms with Gasteiger partial charge in [-0.05, 0) is 44.9 Å². The highest BCUT2D eigenvalue weighted by Gasteiger charge is 2.27. The average molecular weight is 310 g/mol. The van der Waals surface area contributed by atoms with E-state index in [1.807, 2.05) is 13.8 Å². The minimum absolute atomic E-state index is 0.0893. The third-order valence-electron chi connectivity index (χ3n) is 4.21. The predicted octanol–water partition coefficient (Wildman–Crippen LogP) is 3.10. The van der Waals surface area contributed by atoms with Crippen molar-refractivity contribution in [2.24, 2.45) is 11.8 Å². The summed E-state index contributed by atoms with van der Waals surface area (Å²) < 4.78 is 0. The molecule has 5 nitrogen and oxygen atoms in total. The van der Waals surface area contributed by atoms with E-state index in [0.29, 0.717) is 21.7 Å². The quantitative estimate of drug-likeness (QED) is 0.798. The SMILES string of the molecule is CC(C)Nc1nc(N)c(C(=O)NC2CCC(C)C(C)C2)s1. The van der Waals surface area contributed by atoms with Crippen molar-refractivity contribution >= 4 is 28.2 Å². The van der Waals surface area contributed by atoms with Gasteiger partial charge in [-0.3, -0.25) is 4.79 Å². The lowest BCUT2D eigenvalue weighted by atomic mass is 9.79. The maximum absolute atomic E-state index is 12.4. The van der Waals surface area contributed by atoms with Crippen LogP contribution in [0.4, 0.5) is 10.9 Å². The van der Waals surface area contributed by atoms with Crippen molar-refractivity contribution in [2.75, 3.05) is 11.1 Å². The number of aromatic nitrogens is 1. The molecule has 2 rings (SSSR count). The van der Waals surface area contributed by atoms with E-state index in [0.717, 1.165) is 18.8 Å². The number of amides is 1. The number of hydrogen-bond acceptors (Lipinski definition) is 5. The van der Waals surface area contributed by atoms with E-state index in [-0.39, 0.29) is 18.0 Å². The second-order valence-electron chi connectivity index (χ2n) is 6.47.